The van der Waals surface area contributed by atoms with E-state index >= 15 is 0 Å². The molecule has 0 aliphatic rings. The molecule has 0 aromatic carbocycles. The lowest BCUT2D eigenvalue weighted by molar-refractivity contribution is -0.242. The van der Waals surface area contributed by atoms with Gasteiger partial charge in [0.15, 0.2) is 0 Å². The lowest BCUT2D eigenvalue weighted by Gasteiger charge is -2.27. The van der Waals surface area contributed by atoms with E-state index in [1.807, 2.05) is 20.8 Å². The Labute approximate surface area is 80.0 Å². The highest BCUT2D eigenvalue weighted by Crippen LogP contribution is 2.30. The number of unbranched alkanes of at least 4 members (excludes halogenated alkanes) is 1. The minimum Gasteiger partial charge on any atom is -0.301 e. The van der Waals surface area contributed by atoms with Crippen LogP contribution < -0.4 is 0 Å². The van der Waals surface area contributed by atoms with Crippen LogP contribution in [-0.4, -0.2) is 11.2 Å². The third-order valence-corrected chi connectivity index (χ3v) is 2.27. The molecular formula is C10H20O3. The Morgan fingerprint density at radius 1 is 1.46 bits per heavy atom. The van der Waals surface area contributed by atoms with Crippen LogP contribution in [0.2, 0.25) is 0 Å². The summed E-state index contributed by atoms with van der Waals surface area (Å²) in [5.74, 6) is -0.724. The molecule has 0 rings (SSSR count). The van der Waals surface area contributed by atoms with Crippen molar-refractivity contribution in [1.82, 2.24) is 0 Å². The monoisotopic (exact) mass is 188 g/mol. The van der Waals surface area contributed by atoms with Crippen molar-refractivity contribution < 1.29 is 14.9 Å². The van der Waals surface area contributed by atoms with E-state index in [2.05, 4.69) is 11.8 Å². The summed E-state index contributed by atoms with van der Waals surface area (Å²) in [6.07, 6.45) is 2.81. The van der Waals surface area contributed by atoms with Crippen molar-refractivity contribution in [1.29, 1.82) is 0 Å². The number of carbonyl (C=O) groups excluding carboxylic acids is 1. The fourth-order valence-corrected chi connectivity index (χ4v) is 1.38. The zero-order chi connectivity index (χ0) is 10.5. The van der Waals surface area contributed by atoms with Crippen LogP contribution in [0.5, 0.6) is 0 Å². The zero-order valence-electron chi connectivity index (χ0n) is 8.96. The van der Waals surface area contributed by atoms with Crippen molar-refractivity contribution in [2.75, 3.05) is 0 Å². The molecule has 0 spiro atoms. The zero-order valence-corrected chi connectivity index (χ0v) is 8.96. The van der Waals surface area contributed by atoms with Gasteiger partial charge in [-0.1, -0.05) is 40.5 Å². The van der Waals surface area contributed by atoms with Gasteiger partial charge in [-0.05, 0) is 11.8 Å². The van der Waals surface area contributed by atoms with E-state index in [4.69, 9.17) is 5.26 Å². The van der Waals surface area contributed by atoms with E-state index in [9.17, 15) is 4.79 Å². The normalized spacial score (nSPS) is 13.9. The maximum absolute atomic E-state index is 11.2. The molecule has 1 atom stereocenters. The molecule has 0 aliphatic heterocycles. The van der Waals surface area contributed by atoms with Gasteiger partial charge in [0.1, 0.15) is 0 Å². The molecule has 1 N–H and O–H groups in total. The van der Waals surface area contributed by atoms with Gasteiger partial charge in [0.25, 0.3) is 0 Å². The maximum atomic E-state index is 11.2. The molecule has 0 heterocycles. The van der Waals surface area contributed by atoms with Gasteiger partial charge < -0.3 is 4.89 Å². The van der Waals surface area contributed by atoms with E-state index in [0.29, 0.717) is 0 Å². The van der Waals surface area contributed by atoms with E-state index in [1.165, 1.54) is 0 Å². The molecule has 3 heteroatoms. The van der Waals surface area contributed by atoms with E-state index in [0.717, 1.165) is 19.3 Å². The summed E-state index contributed by atoms with van der Waals surface area (Å²) >= 11 is 0. The van der Waals surface area contributed by atoms with Gasteiger partial charge in [0.05, 0.1) is 5.92 Å². The second-order valence-electron chi connectivity index (χ2n) is 4.47. The summed E-state index contributed by atoms with van der Waals surface area (Å²) in [6.45, 7) is 8.00. The molecule has 0 saturated heterocycles. The van der Waals surface area contributed by atoms with E-state index in [1.54, 1.807) is 0 Å². The molecule has 0 saturated carbocycles. The van der Waals surface area contributed by atoms with Crippen LogP contribution in [0, 0.1) is 11.3 Å². The first-order valence-electron chi connectivity index (χ1n) is 4.78. The third kappa shape index (κ3) is 4.27. The van der Waals surface area contributed by atoms with Crippen LogP contribution in [0.1, 0.15) is 47.0 Å². The summed E-state index contributed by atoms with van der Waals surface area (Å²) in [7, 11) is 0. The molecule has 78 valence electrons. The quantitative estimate of drug-likeness (QED) is 0.545. The average Bonchev–Trinajstić information content (AvgIpc) is 2.02. The van der Waals surface area contributed by atoms with Crippen LogP contribution in [-0.2, 0) is 9.68 Å². The number of hydrogen-bond acceptors (Lipinski definition) is 3. The largest absolute Gasteiger partial charge is 0.345 e. The van der Waals surface area contributed by atoms with Crippen molar-refractivity contribution in [3.05, 3.63) is 0 Å². The van der Waals surface area contributed by atoms with Crippen LogP contribution >= 0.6 is 0 Å². The maximum Gasteiger partial charge on any atom is 0.345 e. The first-order valence-corrected chi connectivity index (χ1v) is 4.78. The van der Waals surface area contributed by atoms with Gasteiger partial charge in [-0.2, -0.15) is 5.26 Å². The predicted molar refractivity (Wildman–Crippen MR) is 51.2 cm³/mol. The fraction of sp³-hybridized carbons (Fsp3) is 0.900. The Hall–Kier alpha value is -0.570. The van der Waals surface area contributed by atoms with E-state index < -0.39 is 5.97 Å². The van der Waals surface area contributed by atoms with Crippen molar-refractivity contribution in [3.8, 4) is 0 Å². The summed E-state index contributed by atoms with van der Waals surface area (Å²) in [5, 5.41) is 8.32. The fourth-order valence-electron chi connectivity index (χ4n) is 1.38. The molecule has 0 aliphatic carbocycles. The molecule has 13 heavy (non-hydrogen) atoms. The molecule has 0 bridgehead atoms. The first kappa shape index (κ1) is 12.4. The lowest BCUT2D eigenvalue weighted by atomic mass is 9.78. The van der Waals surface area contributed by atoms with Crippen molar-refractivity contribution in [3.63, 3.8) is 0 Å². The first-order chi connectivity index (χ1) is 5.93. The SMILES string of the molecule is CCCCC(C(=O)OO)C(C)(C)C. The van der Waals surface area contributed by atoms with Gasteiger partial charge in [-0.15, -0.1) is 0 Å². The van der Waals surface area contributed by atoms with Gasteiger partial charge in [0, 0.05) is 0 Å². The third-order valence-electron chi connectivity index (χ3n) is 2.27. The second kappa shape index (κ2) is 5.22. The molecule has 0 fully saturated rings. The molecule has 0 aromatic rings. The highest BCUT2D eigenvalue weighted by Gasteiger charge is 2.32. The molecule has 0 aromatic heterocycles. The Bertz CT molecular complexity index is 158. The topological polar surface area (TPSA) is 46.5 Å². The summed E-state index contributed by atoms with van der Waals surface area (Å²) in [6, 6.07) is 0. The predicted octanol–water partition coefficient (Wildman–Crippen LogP) is 2.86. The van der Waals surface area contributed by atoms with Crippen molar-refractivity contribution in [2.24, 2.45) is 11.3 Å². The minimum atomic E-state index is -0.513. The van der Waals surface area contributed by atoms with Gasteiger partial charge >= 0.3 is 5.97 Å². The van der Waals surface area contributed by atoms with Crippen LogP contribution in [0.4, 0.5) is 0 Å². The standard InChI is InChI=1S/C10H20O3/c1-5-6-7-8(9(11)13-12)10(2,3)4/h8,12H,5-7H2,1-4H3. The van der Waals surface area contributed by atoms with Crippen LogP contribution in [0.3, 0.4) is 0 Å². The number of hydrogen-bond donors (Lipinski definition) is 1. The van der Waals surface area contributed by atoms with Crippen LogP contribution in [0.25, 0.3) is 0 Å². The smallest absolute Gasteiger partial charge is 0.301 e. The number of rotatable bonds is 4. The van der Waals surface area contributed by atoms with Gasteiger partial charge in [0.2, 0.25) is 0 Å². The Morgan fingerprint density at radius 2 is 2.00 bits per heavy atom. The van der Waals surface area contributed by atoms with Gasteiger partial charge in [-0.25, -0.2) is 4.79 Å². The van der Waals surface area contributed by atoms with E-state index in [-0.39, 0.29) is 11.3 Å². The minimum absolute atomic E-state index is 0.144. The summed E-state index contributed by atoms with van der Waals surface area (Å²) < 4.78 is 0. The molecule has 3 nitrogen and oxygen atoms in total. The Balaban J connectivity index is 4.28. The molecular weight excluding hydrogens is 168 g/mol. The molecule has 1 unspecified atom stereocenters. The highest BCUT2D eigenvalue weighted by atomic mass is 17.1. The molecule has 0 radical (unpaired) electrons. The van der Waals surface area contributed by atoms with Crippen LogP contribution in [0.15, 0.2) is 0 Å². The second-order valence-corrected chi connectivity index (χ2v) is 4.47. The van der Waals surface area contributed by atoms with Gasteiger partial charge in [-0.3, -0.25) is 0 Å². The van der Waals surface area contributed by atoms with Crippen molar-refractivity contribution in [2.45, 2.75) is 47.0 Å². The lowest BCUT2D eigenvalue weighted by Crippen LogP contribution is -2.29. The Kier molecular flexibility index (Phi) is 4.99. The average molecular weight is 188 g/mol. The summed E-state index contributed by atoms with van der Waals surface area (Å²) in [4.78, 5) is 15.0. The molecule has 0 amide bonds. The number of carbonyl (C=O) groups is 1. The highest BCUT2D eigenvalue weighted by molar-refractivity contribution is 5.72. The summed E-state index contributed by atoms with van der Waals surface area (Å²) in [5.41, 5.74) is -0.144. The van der Waals surface area contributed by atoms with Crippen molar-refractivity contribution >= 4 is 5.97 Å². The Morgan fingerprint density at radius 3 is 2.31 bits per heavy atom.